The molecule has 2 rings (SSSR count). The summed E-state index contributed by atoms with van der Waals surface area (Å²) in [6, 6.07) is 0.726. The van der Waals surface area contributed by atoms with Crippen LogP contribution in [0.3, 0.4) is 0 Å². The number of hydrogen-bond donors (Lipinski definition) is 1. The summed E-state index contributed by atoms with van der Waals surface area (Å²) in [5, 5.41) is 4.11. The van der Waals surface area contributed by atoms with Crippen LogP contribution in [0, 0.1) is 0 Å². The summed E-state index contributed by atoms with van der Waals surface area (Å²) in [5.74, 6) is -0.857. The van der Waals surface area contributed by atoms with E-state index in [1.807, 2.05) is 0 Å². The van der Waals surface area contributed by atoms with Crippen LogP contribution in [0.1, 0.15) is 23.1 Å². The normalized spacial score (nSPS) is 16.0. The number of sulfonamides is 1. The molecule has 1 atom stereocenters. The zero-order valence-electron chi connectivity index (χ0n) is 12.6. The lowest BCUT2D eigenvalue weighted by Gasteiger charge is -2.29. The third-order valence-corrected chi connectivity index (χ3v) is 4.05. The molecule has 0 bridgehead atoms. The molecule has 0 aromatic carbocycles. The third kappa shape index (κ3) is 3.63. The van der Waals surface area contributed by atoms with Gasteiger partial charge in [-0.3, -0.25) is 9.48 Å². The molecule has 0 fully saturated rings. The maximum atomic E-state index is 12.3. The lowest BCUT2D eigenvalue weighted by molar-refractivity contribution is -0.134. The van der Waals surface area contributed by atoms with Gasteiger partial charge in [0.15, 0.2) is 5.69 Å². The van der Waals surface area contributed by atoms with E-state index in [4.69, 9.17) is 0 Å². The summed E-state index contributed by atoms with van der Waals surface area (Å²) in [4.78, 5) is 25.2. The molecule has 0 saturated heterocycles. The number of fused-ring (bicyclic) bond motifs is 1. The Morgan fingerprint density at radius 1 is 1.41 bits per heavy atom. The van der Waals surface area contributed by atoms with Gasteiger partial charge in [0.2, 0.25) is 15.9 Å². The Labute approximate surface area is 128 Å². The second kappa shape index (κ2) is 6.05. The first-order valence-electron chi connectivity index (χ1n) is 6.62. The van der Waals surface area contributed by atoms with Gasteiger partial charge in [0.1, 0.15) is 0 Å². The lowest BCUT2D eigenvalue weighted by Crippen LogP contribution is -2.48. The third-order valence-electron chi connectivity index (χ3n) is 3.27. The number of nitrogens with zero attached hydrogens (tertiary/aromatic N) is 3. The van der Waals surface area contributed by atoms with Crippen molar-refractivity contribution in [3.8, 4) is 0 Å². The highest BCUT2D eigenvalue weighted by Gasteiger charge is 2.28. The summed E-state index contributed by atoms with van der Waals surface area (Å²) in [6.07, 6.45) is 1.00. The summed E-state index contributed by atoms with van der Waals surface area (Å²) >= 11 is 0. The van der Waals surface area contributed by atoms with Crippen LogP contribution in [0.25, 0.3) is 0 Å². The second-order valence-corrected chi connectivity index (χ2v) is 6.89. The fourth-order valence-electron chi connectivity index (χ4n) is 2.30. The fraction of sp³-hybridized carbons (Fsp3) is 0.583. The summed E-state index contributed by atoms with van der Waals surface area (Å²) in [7, 11) is -2.18. The number of amides is 1. The van der Waals surface area contributed by atoms with E-state index in [9.17, 15) is 18.0 Å². The zero-order chi connectivity index (χ0) is 16.5. The maximum Gasteiger partial charge on any atom is 0.358 e. The Morgan fingerprint density at radius 3 is 2.68 bits per heavy atom. The smallest absolute Gasteiger partial charge is 0.358 e. The van der Waals surface area contributed by atoms with Gasteiger partial charge in [-0.25, -0.2) is 17.9 Å². The van der Waals surface area contributed by atoms with Crippen molar-refractivity contribution in [3.05, 3.63) is 17.5 Å². The SMILES string of the molecule is COC(=O)c1cc2n(n1)CCN(C(=O)[C@H](C)NS(C)(=O)=O)C2. The highest BCUT2D eigenvalue weighted by atomic mass is 32.2. The predicted octanol–water partition coefficient (Wildman–Crippen LogP) is -1.05. The molecule has 1 amide bonds. The molecule has 10 heteroatoms. The highest BCUT2D eigenvalue weighted by molar-refractivity contribution is 7.88. The number of carbonyl (C=O) groups is 2. The molecular weight excluding hydrogens is 312 g/mol. The number of nitrogens with one attached hydrogen (secondary N) is 1. The first-order valence-corrected chi connectivity index (χ1v) is 8.51. The van der Waals surface area contributed by atoms with Crippen LogP contribution < -0.4 is 4.72 Å². The molecule has 9 nitrogen and oxygen atoms in total. The van der Waals surface area contributed by atoms with Crippen LogP contribution in [-0.2, 0) is 32.6 Å². The van der Waals surface area contributed by atoms with Gasteiger partial charge in [0.25, 0.3) is 0 Å². The van der Waals surface area contributed by atoms with Gasteiger partial charge in [-0.1, -0.05) is 0 Å². The number of ether oxygens (including phenoxy) is 1. The van der Waals surface area contributed by atoms with Gasteiger partial charge in [0, 0.05) is 6.54 Å². The van der Waals surface area contributed by atoms with Crippen molar-refractivity contribution in [2.24, 2.45) is 0 Å². The van der Waals surface area contributed by atoms with Gasteiger partial charge in [-0.2, -0.15) is 5.10 Å². The fourth-order valence-corrected chi connectivity index (χ4v) is 3.05. The van der Waals surface area contributed by atoms with Crippen LogP contribution in [-0.4, -0.2) is 60.9 Å². The van der Waals surface area contributed by atoms with E-state index in [1.54, 1.807) is 10.7 Å². The lowest BCUT2D eigenvalue weighted by atomic mass is 10.2. The first-order chi connectivity index (χ1) is 10.2. The highest BCUT2D eigenvalue weighted by Crippen LogP contribution is 2.15. The molecule has 1 aromatic rings. The van der Waals surface area contributed by atoms with Crippen molar-refractivity contribution >= 4 is 21.9 Å². The number of rotatable bonds is 4. The molecule has 122 valence electrons. The van der Waals surface area contributed by atoms with Crippen LogP contribution in [0.5, 0.6) is 0 Å². The number of hydrogen-bond acceptors (Lipinski definition) is 6. The zero-order valence-corrected chi connectivity index (χ0v) is 13.4. The minimum absolute atomic E-state index is 0.189. The van der Waals surface area contributed by atoms with Crippen LogP contribution in [0.4, 0.5) is 0 Å². The Bertz CT molecular complexity index is 696. The Hall–Kier alpha value is -1.94. The predicted molar refractivity (Wildman–Crippen MR) is 76.4 cm³/mol. The van der Waals surface area contributed by atoms with E-state index in [0.717, 1.165) is 6.26 Å². The van der Waals surface area contributed by atoms with E-state index >= 15 is 0 Å². The molecule has 0 aliphatic carbocycles. The van der Waals surface area contributed by atoms with Crippen LogP contribution in [0.2, 0.25) is 0 Å². The van der Waals surface area contributed by atoms with Crippen LogP contribution in [0.15, 0.2) is 6.07 Å². The first kappa shape index (κ1) is 16.4. The van der Waals surface area contributed by atoms with Crippen molar-refractivity contribution in [1.29, 1.82) is 0 Å². The standard InChI is InChI=1S/C12H18N4O5S/c1-8(14-22(3,19)20)11(17)15-4-5-16-9(7-15)6-10(13-16)12(18)21-2/h6,8,14H,4-5,7H2,1-3H3/t8-/m0/s1. The number of esters is 1. The molecule has 0 unspecified atom stereocenters. The number of aromatic nitrogens is 2. The Kier molecular flexibility index (Phi) is 4.52. The molecular formula is C12H18N4O5S. The van der Waals surface area contributed by atoms with E-state index in [1.165, 1.54) is 18.9 Å². The van der Waals surface area contributed by atoms with Crippen molar-refractivity contribution in [1.82, 2.24) is 19.4 Å². The van der Waals surface area contributed by atoms with E-state index < -0.39 is 22.0 Å². The Morgan fingerprint density at radius 2 is 2.09 bits per heavy atom. The molecule has 1 aliphatic rings. The number of carbonyl (C=O) groups excluding carboxylic acids is 2. The van der Waals surface area contributed by atoms with Gasteiger partial charge >= 0.3 is 5.97 Å². The average Bonchev–Trinajstić information content (AvgIpc) is 2.86. The molecule has 1 aromatic heterocycles. The summed E-state index contributed by atoms with van der Waals surface area (Å²) < 4.78 is 30.9. The van der Waals surface area contributed by atoms with E-state index in [2.05, 4.69) is 14.6 Å². The quantitative estimate of drug-likeness (QED) is 0.705. The van der Waals surface area contributed by atoms with Crippen molar-refractivity contribution in [3.63, 3.8) is 0 Å². The topological polar surface area (TPSA) is 111 Å². The monoisotopic (exact) mass is 330 g/mol. The maximum absolute atomic E-state index is 12.3. The molecule has 0 spiro atoms. The van der Waals surface area contributed by atoms with E-state index in [-0.39, 0.29) is 18.1 Å². The molecule has 1 aliphatic heterocycles. The second-order valence-electron chi connectivity index (χ2n) is 5.11. The summed E-state index contributed by atoms with van der Waals surface area (Å²) in [5.41, 5.74) is 0.890. The van der Waals surface area contributed by atoms with Gasteiger partial charge < -0.3 is 9.64 Å². The largest absolute Gasteiger partial charge is 0.464 e. The van der Waals surface area contributed by atoms with Crippen molar-refractivity contribution < 1.29 is 22.7 Å². The molecule has 0 saturated carbocycles. The minimum atomic E-state index is -3.45. The number of methoxy groups -OCH3 is 1. The molecule has 2 heterocycles. The summed E-state index contributed by atoms with van der Waals surface area (Å²) in [6.45, 7) is 2.58. The average molecular weight is 330 g/mol. The van der Waals surface area contributed by atoms with Crippen molar-refractivity contribution in [2.75, 3.05) is 19.9 Å². The van der Waals surface area contributed by atoms with Crippen LogP contribution >= 0.6 is 0 Å². The van der Waals surface area contributed by atoms with Gasteiger partial charge in [0.05, 0.1) is 38.2 Å². The molecule has 1 N–H and O–H groups in total. The minimum Gasteiger partial charge on any atom is -0.464 e. The van der Waals surface area contributed by atoms with Crippen molar-refractivity contribution in [2.45, 2.75) is 26.1 Å². The molecule has 0 radical (unpaired) electrons. The van der Waals surface area contributed by atoms with E-state index in [0.29, 0.717) is 18.8 Å². The van der Waals surface area contributed by atoms with Gasteiger partial charge in [-0.05, 0) is 13.0 Å². The van der Waals surface area contributed by atoms with Gasteiger partial charge in [-0.15, -0.1) is 0 Å². The Balaban J connectivity index is 2.10. The molecule has 22 heavy (non-hydrogen) atoms.